The number of carbonyl (C=O) groups is 1. The van der Waals surface area contributed by atoms with E-state index in [2.05, 4.69) is 5.10 Å². The minimum Gasteiger partial charge on any atom is -0.496 e. The van der Waals surface area contributed by atoms with Crippen molar-refractivity contribution in [2.45, 2.75) is 13.0 Å². The second-order valence-electron chi connectivity index (χ2n) is 4.91. The van der Waals surface area contributed by atoms with E-state index in [1.165, 1.54) is 4.90 Å². The number of ether oxygens (including phenoxy) is 1. The summed E-state index contributed by atoms with van der Waals surface area (Å²) >= 11 is 0. The van der Waals surface area contributed by atoms with Gasteiger partial charge in [0, 0.05) is 25.9 Å². The number of benzene rings is 1. The molecule has 6 nitrogen and oxygen atoms in total. The summed E-state index contributed by atoms with van der Waals surface area (Å²) in [5.74, 6) is 0.411. The van der Waals surface area contributed by atoms with Crippen LogP contribution in [-0.4, -0.2) is 46.9 Å². The second-order valence-corrected chi connectivity index (χ2v) is 4.91. The first kappa shape index (κ1) is 15.1. The Morgan fingerprint density at radius 3 is 2.67 bits per heavy atom. The van der Waals surface area contributed by atoms with Crippen LogP contribution in [0.2, 0.25) is 0 Å². The molecule has 112 valence electrons. The molecule has 0 spiro atoms. The topological polar surface area (TPSA) is 67.6 Å². The van der Waals surface area contributed by atoms with Crippen LogP contribution in [0.1, 0.15) is 29.1 Å². The van der Waals surface area contributed by atoms with Gasteiger partial charge in [-0.2, -0.15) is 5.10 Å². The number of nitrogens with zero attached hydrogens (tertiary/aromatic N) is 3. The molecule has 6 heteroatoms. The highest BCUT2D eigenvalue weighted by Crippen LogP contribution is 2.30. The molecule has 0 unspecified atom stereocenters. The zero-order valence-corrected chi connectivity index (χ0v) is 12.6. The zero-order chi connectivity index (χ0) is 15.6. The molecule has 1 aromatic heterocycles. The number of aliphatic hydroxyl groups is 1. The monoisotopic (exact) mass is 289 g/mol. The fraction of sp³-hybridized carbons (Fsp3) is 0.333. The Bertz CT molecular complexity index is 647. The van der Waals surface area contributed by atoms with Gasteiger partial charge in [-0.15, -0.1) is 0 Å². The average molecular weight is 289 g/mol. The van der Waals surface area contributed by atoms with Crippen LogP contribution in [0.15, 0.2) is 30.5 Å². The van der Waals surface area contributed by atoms with Crippen LogP contribution >= 0.6 is 0 Å². The normalized spacial score (nSPS) is 12.0. The molecule has 1 atom stereocenters. The Morgan fingerprint density at radius 2 is 2.10 bits per heavy atom. The van der Waals surface area contributed by atoms with Gasteiger partial charge in [-0.25, -0.2) is 4.68 Å². The largest absolute Gasteiger partial charge is 0.496 e. The molecule has 1 aromatic carbocycles. The number of carbonyl (C=O) groups excluding carboxylic acids is 1. The Morgan fingerprint density at radius 1 is 1.38 bits per heavy atom. The molecule has 0 aliphatic carbocycles. The zero-order valence-electron chi connectivity index (χ0n) is 12.6. The third-order valence-corrected chi connectivity index (χ3v) is 3.14. The predicted octanol–water partition coefficient (Wildman–Crippen LogP) is 1.64. The van der Waals surface area contributed by atoms with Crippen LogP contribution in [-0.2, 0) is 0 Å². The van der Waals surface area contributed by atoms with Crippen LogP contribution < -0.4 is 4.74 Å². The molecule has 0 saturated carbocycles. The summed E-state index contributed by atoms with van der Waals surface area (Å²) in [6.45, 7) is 1.66. The summed E-state index contributed by atoms with van der Waals surface area (Å²) in [5.41, 5.74) is 1.66. The molecule has 0 saturated heterocycles. The van der Waals surface area contributed by atoms with E-state index in [0.29, 0.717) is 22.7 Å². The fourth-order valence-corrected chi connectivity index (χ4v) is 2.13. The van der Waals surface area contributed by atoms with Gasteiger partial charge in [-0.3, -0.25) is 4.79 Å². The van der Waals surface area contributed by atoms with E-state index in [1.807, 2.05) is 12.1 Å². The van der Waals surface area contributed by atoms with Crippen LogP contribution in [0, 0.1) is 0 Å². The van der Waals surface area contributed by atoms with E-state index >= 15 is 0 Å². The van der Waals surface area contributed by atoms with Gasteiger partial charge in [0.15, 0.2) is 5.69 Å². The molecule has 0 aliphatic heterocycles. The molecule has 0 bridgehead atoms. The highest BCUT2D eigenvalue weighted by Gasteiger charge is 2.18. The summed E-state index contributed by atoms with van der Waals surface area (Å²) in [5, 5.41) is 14.3. The quantitative estimate of drug-likeness (QED) is 0.929. The minimum atomic E-state index is -0.714. The standard InChI is InChI=1S/C15H19N3O3/c1-10(19)14-12(6-5-7-13(14)21-4)18-9-8-11(16-18)15(20)17(2)3/h5-10,19H,1-4H3/t10-/m0/s1. The lowest BCUT2D eigenvalue weighted by molar-refractivity contribution is 0.0821. The number of amides is 1. The molecule has 1 amide bonds. The van der Waals surface area contributed by atoms with Crippen LogP contribution in [0.4, 0.5) is 0 Å². The van der Waals surface area contributed by atoms with Crippen molar-refractivity contribution < 1.29 is 14.6 Å². The van der Waals surface area contributed by atoms with Crippen molar-refractivity contribution in [3.63, 3.8) is 0 Å². The highest BCUT2D eigenvalue weighted by atomic mass is 16.5. The predicted molar refractivity (Wildman–Crippen MR) is 78.8 cm³/mol. The average Bonchev–Trinajstić information content (AvgIpc) is 2.94. The maximum atomic E-state index is 11.9. The van der Waals surface area contributed by atoms with Crippen LogP contribution in [0.5, 0.6) is 5.75 Å². The Hall–Kier alpha value is -2.34. The third kappa shape index (κ3) is 2.90. The first-order valence-electron chi connectivity index (χ1n) is 6.58. The molecule has 21 heavy (non-hydrogen) atoms. The Balaban J connectivity index is 2.50. The van der Waals surface area contributed by atoms with Gasteiger partial charge in [0.1, 0.15) is 5.75 Å². The number of aliphatic hydroxyl groups excluding tert-OH is 1. The number of methoxy groups -OCH3 is 1. The maximum Gasteiger partial charge on any atom is 0.273 e. The molecule has 0 radical (unpaired) electrons. The van der Waals surface area contributed by atoms with Gasteiger partial charge >= 0.3 is 0 Å². The van der Waals surface area contributed by atoms with E-state index in [9.17, 15) is 9.90 Å². The molecule has 0 aliphatic rings. The summed E-state index contributed by atoms with van der Waals surface area (Å²) in [6.07, 6.45) is 0.977. The van der Waals surface area contributed by atoms with E-state index in [4.69, 9.17) is 4.74 Å². The smallest absolute Gasteiger partial charge is 0.273 e. The van der Waals surface area contributed by atoms with Gasteiger partial charge in [0.2, 0.25) is 0 Å². The summed E-state index contributed by atoms with van der Waals surface area (Å²) < 4.78 is 6.86. The molecule has 1 N–H and O–H groups in total. The van der Waals surface area contributed by atoms with Gasteiger partial charge in [0.05, 0.1) is 18.9 Å². The lowest BCUT2D eigenvalue weighted by Gasteiger charge is -2.16. The molecule has 2 rings (SSSR count). The lowest BCUT2D eigenvalue weighted by atomic mass is 10.1. The van der Waals surface area contributed by atoms with Crippen molar-refractivity contribution in [2.24, 2.45) is 0 Å². The van der Waals surface area contributed by atoms with E-state index in [0.717, 1.165) is 0 Å². The maximum absolute atomic E-state index is 11.9. The van der Waals surface area contributed by atoms with Gasteiger partial charge < -0.3 is 14.7 Å². The highest BCUT2D eigenvalue weighted by molar-refractivity contribution is 5.91. The summed E-state index contributed by atoms with van der Waals surface area (Å²) in [6, 6.07) is 7.06. The Kier molecular flexibility index (Phi) is 4.28. The van der Waals surface area contributed by atoms with Gasteiger partial charge in [-0.1, -0.05) is 6.07 Å². The number of rotatable bonds is 4. The van der Waals surface area contributed by atoms with E-state index < -0.39 is 6.10 Å². The minimum absolute atomic E-state index is 0.171. The summed E-state index contributed by atoms with van der Waals surface area (Å²) in [4.78, 5) is 13.4. The first-order chi connectivity index (χ1) is 9.95. The third-order valence-electron chi connectivity index (χ3n) is 3.14. The molecule has 0 fully saturated rings. The van der Waals surface area contributed by atoms with Crippen molar-refractivity contribution in [3.05, 3.63) is 41.7 Å². The number of hydrogen-bond donors (Lipinski definition) is 1. The van der Waals surface area contributed by atoms with E-state index in [1.54, 1.807) is 51.1 Å². The number of aromatic nitrogens is 2. The van der Waals surface area contributed by atoms with Crippen molar-refractivity contribution in [1.82, 2.24) is 14.7 Å². The SMILES string of the molecule is COc1cccc(-n2ccc(C(=O)N(C)C)n2)c1[C@H](C)O. The van der Waals surface area contributed by atoms with E-state index in [-0.39, 0.29) is 5.91 Å². The van der Waals surface area contributed by atoms with Crippen LogP contribution in [0.25, 0.3) is 5.69 Å². The molecular formula is C15H19N3O3. The first-order valence-corrected chi connectivity index (χ1v) is 6.58. The number of hydrogen-bond acceptors (Lipinski definition) is 4. The molecule has 1 heterocycles. The van der Waals surface area contributed by atoms with Crippen molar-refractivity contribution >= 4 is 5.91 Å². The molecule has 2 aromatic rings. The van der Waals surface area contributed by atoms with Crippen molar-refractivity contribution in [3.8, 4) is 11.4 Å². The summed E-state index contributed by atoms with van der Waals surface area (Å²) in [7, 11) is 4.90. The van der Waals surface area contributed by atoms with Crippen molar-refractivity contribution in [1.29, 1.82) is 0 Å². The second kappa shape index (κ2) is 5.97. The van der Waals surface area contributed by atoms with Crippen molar-refractivity contribution in [2.75, 3.05) is 21.2 Å². The van der Waals surface area contributed by atoms with Gasteiger partial charge in [-0.05, 0) is 25.1 Å². The molecular weight excluding hydrogens is 270 g/mol. The van der Waals surface area contributed by atoms with Gasteiger partial charge in [0.25, 0.3) is 5.91 Å². The van der Waals surface area contributed by atoms with Crippen LogP contribution in [0.3, 0.4) is 0 Å². The fourth-order valence-electron chi connectivity index (χ4n) is 2.13. The lowest BCUT2D eigenvalue weighted by Crippen LogP contribution is -2.22. The Labute approximate surface area is 123 Å².